The smallest absolute Gasteiger partial charge is 0.122 e. The monoisotopic (exact) mass is 286 g/mol. The number of nitrogens with zero attached hydrogens (tertiary/aromatic N) is 1. The van der Waals surface area contributed by atoms with Gasteiger partial charge in [0.1, 0.15) is 5.75 Å². The van der Waals surface area contributed by atoms with Gasteiger partial charge in [-0.15, -0.1) is 0 Å². The second kappa shape index (κ2) is 6.79. The molecule has 2 aromatic rings. The number of benzene rings is 1. The number of rotatable bonds is 6. The molecular formula is C18H26N2O. The van der Waals surface area contributed by atoms with Gasteiger partial charge in [0.25, 0.3) is 0 Å². The molecule has 0 aliphatic heterocycles. The zero-order valence-corrected chi connectivity index (χ0v) is 13.8. The quantitative estimate of drug-likeness (QED) is 0.801. The topological polar surface area (TPSA) is 37.9 Å². The van der Waals surface area contributed by atoms with E-state index in [0.717, 1.165) is 37.3 Å². The number of H-pyrrole nitrogens is 1. The Bertz CT molecular complexity index is 594. The molecule has 3 nitrogen and oxygen atoms in total. The molecule has 0 radical (unpaired) electrons. The van der Waals surface area contributed by atoms with E-state index < -0.39 is 0 Å². The summed E-state index contributed by atoms with van der Waals surface area (Å²) >= 11 is 0. The van der Waals surface area contributed by atoms with Crippen LogP contribution in [0.2, 0.25) is 0 Å². The number of unbranched alkanes of at least 4 members (excludes halogenated alkanes) is 1. The van der Waals surface area contributed by atoms with E-state index in [9.17, 15) is 0 Å². The molecule has 0 aliphatic carbocycles. The lowest BCUT2D eigenvalue weighted by Crippen LogP contribution is -2.01. The molecule has 0 amide bonds. The Kier molecular flexibility index (Phi) is 5.05. The Balaban J connectivity index is 1.80. The summed E-state index contributed by atoms with van der Waals surface area (Å²) in [6.45, 7) is 11.3. The first-order valence-electron chi connectivity index (χ1n) is 7.70. The van der Waals surface area contributed by atoms with Gasteiger partial charge in [-0.3, -0.25) is 5.10 Å². The van der Waals surface area contributed by atoms with E-state index in [1.807, 2.05) is 0 Å². The van der Waals surface area contributed by atoms with Crippen LogP contribution in [-0.2, 0) is 6.42 Å². The number of hydrogen-bond donors (Lipinski definition) is 1. The van der Waals surface area contributed by atoms with Crippen molar-refractivity contribution in [2.24, 2.45) is 0 Å². The fourth-order valence-corrected chi connectivity index (χ4v) is 2.68. The summed E-state index contributed by atoms with van der Waals surface area (Å²) in [7, 11) is 0. The minimum absolute atomic E-state index is 0.777. The average molecular weight is 286 g/mol. The summed E-state index contributed by atoms with van der Waals surface area (Å²) in [6, 6.07) is 4.33. The minimum Gasteiger partial charge on any atom is -0.493 e. The lowest BCUT2D eigenvalue weighted by molar-refractivity contribution is 0.304. The Morgan fingerprint density at radius 3 is 2.48 bits per heavy atom. The van der Waals surface area contributed by atoms with Gasteiger partial charge in [-0.25, -0.2) is 0 Å². The van der Waals surface area contributed by atoms with Crippen LogP contribution in [0.4, 0.5) is 0 Å². The van der Waals surface area contributed by atoms with Crippen LogP contribution >= 0.6 is 0 Å². The fraction of sp³-hybridized carbons (Fsp3) is 0.500. The Morgan fingerprint density at radius 2 is 1.81 bits per heavy atom. The summed E-state index contributed by atoms with van der Waals surface area (Å²) in [6.07, 6.45) is 3.27. The van der Waals surface area contributed by atoms with Crippen LogP contribution < -0.4 is 4.74 Å². The Hall–Kier alpha value is -1.77. The molecular weight excluding hydrogens is 260 g/mol. The Labute approximate surface area is 127 Å². The third-order valence-electron chi connectivity index (χ3n) is 4.12. The molecule has 1 N–H and O–H groups in total. The van der Waals surface area contributed by atoms with Crippen molar-refractivity contribution in [1.82, 2.24) is 10.2 Å². The third kappa shape index (κ3) is 3.87. The zero-order valence-electron chi connectivity index (χ0n) is 13.8. The molecule has 1 aromatic carbocycles. The summed E-state index contributed by atoms with van der Waals surface area (Å²) in [5, 5.41) is 7.28. The molecule has 0 atom stereocenters. The highest BCUT2D eigenvalue weighted by atomic mass is 16.5. The van der Waals surface area contributed by atoms with Gasteiger partial charge < -0.3 is 4.74 Å². The van der Waals surface area contributed by atoms with Crippen LogP contribution in [0.5, 0.6) is 5.75 Å². The molecule has 3 heteroatoms. The number of nitrogens with one attached hydrogen (secondary N) is 1. The van der Waals surface area contributed by atoms with Crippen molar-refractivity contribution in [2.75, 3.05) is 6.61 Å². The lowest BCUT2D eigenvalue weighted by atomic mass is 10.1. The average Bonchev–Trinajstić information content (AvgIpc) is 2.75. The van der Waals surface area contributed by atoms with Crippen molar-refractivity contribution < 1.29 is 4.74 Å². The standard InChI is InChI=1S/C18H26N2O/c1-12-10-13(2)14(3)18(11-12)21-9-7-6-8-17-15(4)19-20-16(17)5/h10-11H,6-9H2,1-5H3,(H,19,20). The predicted molar refractivity (Wildman–Crippen MR) is 87.1 cm³/mol. The van der Waals surface area contributed by atoms with Crippen molar-refractivity contribution in [3.63, 3.8) is 0 Å². The number of hydrogen-bond acceptors (Lipinski definition) is 2. The lowest BCUT2D eigenvalue weighted by Gasteiger charge is -2.12. The van der Waals surface area contributed by atoms with Crippen LogP contribution in [0, 0.1) is 34.6 Å². The highest BCUT2D eigenvalue weighted by molar-refractivity contribution is 5.41. The van der Waals surface area contributed by atoms with E-state index in [2.05, 4.69) is 56.9 Å². The van der Waals surface area contributed by atoms with Crippen LogP contribution in [0.15, 0.2) is 12.1 Å². The van der Waals surface area contributed by atoms with Gasteiger partial charge in [0, 0.05) is 5.69 Å². The molecule has 21 heavy (non-hydrogen) atoms. The molecule has 1 aromatic heterocycles. The maximum atomic E-state index is 5.95. The van der Waals surface area contributed by atoms with E-state index in [4.69, 9.17) is 4.74 Å². The molecule has 0 unspecified atom stereocenters. The summed E-state index contributed by atoms with van der Waals surface area (Å²) < 4.78 is 5.95. The molecule has 0 fully saturated rings. The summed E-state index contributed by atoms with van der Waals surface area (Å²) in [5.41, 5.74) is 7.49. The van der Waals surface area contributed by atoms with Gasteiger partial charge in [-0.1, -0.05) is 6.07 Å². The summed E-state index contributed by atoms with van der Waals surface area (Å²) in [5.74, 6) is 1.03. The Morgan fingerprint density at radius 1 is 1.05 bits per heavy atom. The first kappa shape index (κ1) is 15.6. The van der Waals surface area contributed by atoms with E-state index in [0.29, 0.717) is 0 Å². The number of aromatic amines is 1. The zero-order chi connectivity index (χ0) is 15.4. The molecule has 0 saturated heterocycles. The maximum Gasteiger partial charge on any atom is 0.122 e. The molecule has 114 valence electrons. The second-order valence-electron chi connectivity index (χ2n) is 5.92. The third-order valence-corrected chi connectivity index (χ3v) is 4.12. The summed E-state index contributed by atoms with van der Waals surface area (Å²) in [4.78, 5) is 0. The predicted octanol–water partition coefficient (Wildman–Crippen LogP) is 4.35. The largest absolute Gasteiger partial charge is 0.493 e. The van der Waals surface area contributed by atoms with Crippen molar-refractivity contribution in [1.29, 1.82) is 0 Å². The van der Waals surface area contributed by atoms with Gasteiger partial charge in [0.05, 0.1) is 12.3 Å². The highest BCUT2D eigenvalue weighted by Gasteiger charge is 2.06. The number of aromatic nitrogens is 2. The van der Waals surface area contributed by atoms with Crippen molar-refractivity contribution in [3.8, 4) is 5.75 Å². The van der Waals surface area contributed by atoms with Gasteiger partial charge >= 0.3 is 0 Å². The number of ether oxygens (including phenoxy) is 1. The van der Waals surface area contributed by atoms with Crippen molar-refractivity contribution in [3.05, 3.63) is 45.8 Å². The van der Waals surface area contributed by atoms with Crippen molar-refractivity contribution >= 4 is 0 Å². The van der Waals surface area contributed by atoms with Crippen LogP contribution in [0.1, 0.15) is 46.5 Å². The molecule has 1 heterocycles. The van der Waals surface area contributed by atoms with E-state index in [1.54, 1.807) is 0 Å². The normalized spacial score (nSPS) is 10.9. The SMILES string of the molecule is Cc1cc(C)c(C)c(OCCCCc2c(C)n[nH]c2C)c1. The minimum atomic E-state index is 0.777. The van der Waals surface area contributed by atoms with E-state index in [1.165, 1.54) is 27.9 Å². The first-order valence-corrected chi connectivity index (χ1v) is 7.70. The van der Waals surface area contributed by atoms with E-state index >= 15 is 0 Å². The van der Waals surface area contributed by atoms with Gasteiger partial charge in [-0.2, -0.15) is 5.10 Å². The maximum absolute atomic E-state index is 5.95. The van der Waals surface area contributed by atoms with Gasteiger partial charge in [-0.05, 0) is 82.2 Å². The van der Waals surface area contributed by atoms with Crippen LogP contribution in [0.25, 0.3) is 0 Å². The molecule has 0 saturated carbocycles. The molecule has 2 rings (SSSR count). The second-order valence-corrected chi connectivity index (χ2v) is 5.92. The fourth-order valence-electron chi connectivity index (χ4n) is 2.68. The number of aryl methyl sites for hydroxylation is 4. The van der Waals surface area contributed by atoms with Crippen molar-refractivity contribution in [2.45, 2.75) is 53.9 Å². The molecule has 0 spiro atoms. The molecule has 0 aliphatic rings. The van der Waals surface area contributed by atoms with Gasteiger partial charge in [0.15, 0.2) is 0 Å². The highest BCUT2D eigenvalue weighted by Crippen LogP contribution is 2.23. The van der Waals surface area contributed by atoms with Gasteiger partial charge in [0.2, 0.25) is 0 Å². The first-order chi connectivity index (χ1) is 9.99. The van der Waals surface area contributed by atoms with Crippen LogP contribution in [-0.4, -0.2) is 16.8 Å². The van der Waals surface area contributed by atoms with Crippen LogP contribution in [0.3, 0.4) is 0 Å². The molecule has 0 bridgehead atoms. The van der Waals surface area contributed by atoms with E-state index in [-0.39, 0.29) is 0 Å².